The molecule has 0 bridgehead atoms. The fraction of sp³-hybridized carbons (Fsp3) is 0.385. The molecule has 0 radical (unpaired) electrons. The molecule has 0 aromatic heterocycles. The van der Waals surface area contributed by atoms with Crippen LogP contribution in [0, 0.1) is 0 Å². The van der Waals surface area contributed by atoms with Crippen molar-refractivity contribution >= 4 is 23.6 Å². The molecule has 1 aromatic carbocycles. The standard InChI is InChI=1S/C13H14ClF2N3O3/c14-9-2-1-7(3-8(9)11(18)20)10(17)4-22-12(21)19-5-13(15,16)6-19/h1-3,10H,4-6,17H2,(H2,18,20)/t10-/m1/s1. The molecule has 1 aliphatic heterocycles. The van der Waals surface area contributed by atoms with Crippen LogP contribution in [0.1, 0.15) is 22.0 Å². The zero-order valence-electron chi connectivity index (χ0n) is 11.4. The largest absolute Gasteiger partial charge is 0.447 e. The molecule has 0 unspecified atom stereocenters. The van der Waals surface area contributed by atoms with Crippen molar-refractivity contribution in [3.05, 3.63) is 34.3 Å². The second-order valence-corrected chi connectivity index (χ2v) is 5.41. The predicted octanol–water partition coefficient (Wildman–Crippen LogP) is 1.53. The highest BCUT2D eigenvalue weighted by atomic mass is 35.5. The number of hydrogen-bond donors (Lipinski definition) is 2. The number of likely N-dealkylation sites (tertiary alicyclic amines) is 1. The molecule has 1 aliphatic rings. The number of nitrogens with two attached hydrogens (primary N) is 2. The fourth-order valence-electron chi connectivity index (χ4n) is 1.95. The molecule has 2 rings (SSSR count). The summed E-state index contributed by atoms with van der Waals surface area (Å²) in [5.74, 6) is -3.56. The summed E-state index contributed by atoms with van der Waals surface area (Å²) >= 11 is 5.81. The van der Waals surface area contributed by atoms with Crippen LogP contribution in [-0.4, -0.2) is 42.5 Å². The molecule has 1 saturated heterocycles. The van der Waals surface area contributed by atoms with Crippen LogP contribution >= 0.6 is 11.6 Å². The number of carbonyl (C=O) groups excluding carboxylic acids is 2. The van der Waals surface area contributed by atoms with Gasteiger partial charge < -0.3 is 16.2 Å². The van der Waals surface area contributed by atoms with Crippen LogP contribution in [0.2, 0.25) is 5.02 Å². The molecule has 9 heteroatoms. The van der Waals surface area contributed by atoms with E-state index in [1.807, 2.05) is 0 Å². The molecule has 4 N–H and O–H groups in total. The predicted molar refractivity (Wildman–Crippen MR) is 74.8 cm³/mol. The Kier molecular flexibility index (Phi) is 4.52. The smallest absolute Gasteiger partial charge is 0.410 e. The van der Waals surface area contributed by atoms with E-state index in [-0.39, 0.29) is 17.2 Å². The van der Waals surface area contributed by atoms with Crippen molar-refractivity contribution in [2.45, 2.75) is 12.0 Å². The van der Waals surface area contributed by atoms with Gasteiger partial charge in [0.1, 0.15) is 6.61 Å². The third-order valence-corrected chi connectivity index (χ3v) is 3.50. The normalized spacial score (nSPS) is 17.5. The van der Waals surface area contributed by atoms with E-state index in [4.69, 9.17) is 27.8 Å². The minimum Gasteiger partial charge on any atom is -0.447 e. The summed E-state index contributed by atoms with van der Waals surface area (Å²) in [6.45, 7) is -1.54. The molecule has 1 heterocycles. The van der Waals surface area contributed by atoms with Crippen molar-refractivity contribution in [1.29, 1.82) is 0 Å². The topological polar surface area (TPSA) is 98.6 Å². The first kappa shape index (κ1) is 16.4. The fourth-order valence-corrected chi connectivity index (χ4v) is 2.16. The van der Waals surface area contributed by atoms with Crippen LogP contribution in [0.5, 0.6) is 0 Å². The molecular formula is C13H14ClF2N3O3. The lowest BCUT2D eigenvalue weighted by molar-refractivity contribution is -0.120. The van der Waals surface area contributed by atoms with Crippen molar-refractivity contribution in [1.82, 2.24) is 4.90 Å². The van der Waals surface area contributed by atoms with Gasteiger partial charge in [-0.1, -0.05) is 17.7 Å². The highest BCUT2D eigenvalue weighted by Gasteiger charge is 2.47. The summed E-state index contributed by atoms with van der Waals surface area (Å²) in [5, 5.41) is 0.184. The van der Waals surface area contributed by atoms with Crippen LogP contribution in [0.15, 0.2) is 18.2 Å². The third-order valence-electron chi connectivity index (χ3n) is 3.17. The van der Waals surface area contributed by atoms with E-state index < -0.39 is 37.1 Å². The first-order valence-electron chi connectivity index (χ1n) is 6.34. The van der Waals surface area contributed by atoms with Gasteiger partial charge >= 0.3 is 6.09 Å². The van der Waals surface area contributed by atoms with Gasteiger partial charge in [-0.05, 0) is 17.7 Å². The van der Waals surface area contributed by atoms with Gasteiger partial charge in [-0.25, -0.2) is 13.6 Å². The van der Waals surface area contributed by atoms with Crippen LogP contribution in [0.3, 0.4) is 0 Å². The summed E-state index contributed by atoms with van der Waals surface area (Å²) in [6, 6.07) is 3.68. The van der Waals surface area contributed by atoms with E-state index in [1.54, 1.807) is 6.07 Å². The monoisotopic (exact) mass is 333 g/mol. The third kappa shape index (κ3) is 3.63. The van der Waals surface area contributed by atoms with Crippen molar-refractivity contribution < 1.29 is 23.1 Å². The quantitative estimate of drug-likeness (QED) is 0.872. The van der Waals surface area contributed by atoms with E-state index in [9.17, 15) is 18.4 Å². The molecule has 0 saturated carbocycles. The molecule has 1 atom stereocenters. The van der Waals surface area contributed by atoms with Crippen LogP contribution in [-0.2, 0) is 4.74 Å². The molecule has 6 nitrogen and oxygen atoms in total. The van der Waals surface area contributed by atoms with Gasteiger partial charge in [-0.15, -0.1) is 0 Å². The molecule has 0 aliphatic carbocycles. The number of primary amides is 1. The Labute approximate surface area is 129 Å². The Bertz CT molecular complexity index is 604. The van der Waals surface area contributed by atoms with E-state index in [0.717, 1.165) is 4.90 Å². The molecule has 120 valence electrons. The number of carbonyl (C=O) groups is 2. The lowest BCUT2D eigenvalue weighted by Crippen LogP contribution is -2.58. The van der Waals surface area contributed by atoms with Crippen molar-refractivity contribution in [3.63, 3.8) is 0 Å². The maximum atomic E-state index is 12.6. The second-order valence-electron chi connectivity index (χ2n) is 5.00. The lowest BCUT2D eigenvalue weighted by Gasteiger charge is -2.37. The molecule has 0 spiro atoms. The highest BCUT2D eigenvalue weighted by Crippen LogP contribution is 2.27. The second kappa shape index (κ2) is 6.05. The number of ether oxygens (including phenoxy) is 1. The zero-order chi connectivity index (χ0) is 16.5. The average molecular weight is 334 g/mol. The van der Waals surface area contributed by atoms with E-state index in [1.165, 1.54) is 12.1 Å². The van der Waals surface area contributed by atoms with Crippen LogP contribution in [0.4, 0.5) is 13.6 Å². The first-order valence-corrected chi connectivity index (χ1v) is 6.72. The highest BCUT2D eigenvalue weighted by molar-refractivity contribution is 6.33. The number of benzene rings is 1. The van der Waals surface area contributed by atoms with Crippen LogP contribution < -0.4 is 11.5 Å². The SMILES string of the molecule is NC(=O)c1cc([C@H](N)COC(=O)N2CC(F)(F)C2)ccc1Cl. The van der Waals surface area contributed by atoms with Gasteiger partial charge in [0, 0.05) is 0 Å². The Hall–Kier alpha value is -1.93. The summed E-state index contributed by atoms with van der Waals surface area (Å²) in [6.07, 6.45) is -0.856. The molecule has 2 amide bonds. The number of nitrogens with zero attached hydrogens (tertiary/aromatic N) is 1. The number of halogens is 3. The average Bonchev–Trinajstić information content (AvgIpc) is 2.41. The Balaban J connectivity index is 1.92. The number of alkyl halides is 2. The molecular weight excluding hydrogens is 320 g/mol. The summed E-state index contributed by atoms with van der Waals surface area (Å²) in [7, 11) is 0. The number of amides is 2. The van der Waals surface area contributed by atoms with Gasteiger partial charge in [-0.2, -0.15) is 0 Å². The summed E-state index contributed by atoms with van der Waals surface area (Å²) in [4.78, 5) is 23.6. The Morgan fingerprint density at radius 3 is 2.59 bits per heavy atom. The Morgan fingerprint density at radius 1 is 1.41 bits per heavy atom. The van der Waals surface area contributed by atoms with E-state index in [0.29, 0.717) is 5.56 Å². The maximum Gasteiger partial charge on any atom is 0.410 e. The lowest BCUT2D eigenvalue weighted by atomic mass is 10.0. The van der Waals surface area contributed by atoms with E-state index in [2.05, 4.69) is 0 Å². The van der Waals surface area contributed by atoms with Crippen LogP contribution in [0.25, 0.3) is 0 Å². The van der Waals surface area contributed by atoms with Gasteiger partial charge in [0.05, 0.1) is 29.7 Å². The number of rotatable bonds is 4. The maximum absolute atomic E-state index is 12.6. The zero-order valence-corrected chi connectivity index (χ0v) is 12.1. The van der Waals surface area contributed by atoms with Crippen molar-refractivity contribution in [2.24, 2.45) is 11.5 Å². The van der Waals surface area contributed by atoms with Gasteiger partial charge in [0.2, 0.25) is 5.91 Å². The minimum atomic E-state index is -2.85. The van der Waals surface area contributed by atoms with Gasteiger partial charge in [0.25, 0.3) is 5.92 Å². The van der Waals surface area contributed by atoms with Crippen molar-refractivity contribution in [3.8, 4) is 0 Å². The van der Waals surface area contributed by atoms with Gasteiger partial charge in [0.15, 0.2) is 0 Å². The van der Waals surface area contributed by atoms with Crippen molar-refractivity contribution in [2.75, 3.05) is 19.7 Å². The minimum absolute atomic E-state index is 0.100. The molecule has 1 fully saturated rings. The summed E-state index contributed by atoms with van der Waals surface area (Å²) in [5.41, 5.74) is 11.6. The molecule has 1 aromatic rings. The number of hydrogen-bond acceptors (Lipinski definition) is 4. The first-order chi connectivity index (χ1) is 10.2. The molecule has 22 heavy (non-hydrogen) atoms. The van der Waals surface area contributed by atoms with Gasteiger partial charge in [-0.3, -0.25) is 9.69 Å². The summed E-state index contributed by atoms with van der Waals surface area (Å²) < 4.78 is 30.1. The van der Waals surface area contributed by atoms with E-state index >= 15 is 0 Å². The Morgan fingerprint density at radius 2 is 2.05 bits per heavy atom.